The molecule has 1 saturated heterocycles. The molecule has 0 unspecified atom stereocenters. The van der Waals surface area contributed by atoms with Gasteiger partial charge in [0.2, 0.25) is 17.8 Å². The fraction of sp³-hybridized carbons (Fsp3) is 0.214. The maximum atomic E-state index is 5.96. The zero-order valence-corrected chi connectivity index (χ0v) is 21.1. The molecule has 188 valence electrons. The average molecular weight is 514 g/mol. The number of nitrogens with zero attached hydrogens (tertiary/aromatic N) is 5. The van der Waals surface area contributed by atoms with Gasteiger partial charge in [-0.25, -0.2) is 5.43 Å². The third-order valence-corrected chi connectivity index (χ3v) is 6.10. The Hall–Kier alpha value is -4.17. The summed E-state index contributed by atoms with van der Waals surface area (Å²) < 4.78 is 5.92. The molecule has 2 heterocycles. The topological polar surface area (TPSA) is 87.6 Å². The predicted molar refractivity (Wildman–Crippen MR) is 149 cm³/mol. The smallest absolute Gasteiger partial charge is 0.250 e. The maximum Gasteiger partial charge on any atom is 0.250 e. The number of nitrogens with one attached hydrogen (secondary N) is 2. The molecule has 2 N–H and O–H groups in total. The normalized spacial score (nSPS) is 13.5. The van der Waals surface area contributed by atoms with E-state index in [9.17, 15) is 0 Å². The van der Waals surface area contributed by atoms with Crippen molar-refractivity contribution in [2.24, 2.45) is 5.10 Å². The maximum absolute atomic E-state index is 5.96. The fourth-order valence-corrected chi connectivity index (χ4v) is 4.08. The van der Waals surface area contributed by atoms with E-state index in [1.165, 1.54) is 6.42 Å². The summed E-state index contributed by atoms with van der Waals surface area (Å²) in [7, 11) is 0. The number of benzene rings is 3. The van der Waals surface area contributed by atoms with Gasteiger partial charge in [-0.15, -0.1) is 0 Å². The second-order valence-corrected chi connectivity index (χ2v) is 9.12. The number of halogens is 1. The lowest BCUT2D eigenvalue weighted by atomic mass is 10.1. The van der Waals surface area contributed by atoms with Crippen LogP contribution in [0.1, 0.15) is 30.4 Å². The van der Waals surface area contributed by atoms with Crippen LogP contribution in [-0.2, 0) is 6.61 Å². The van der Waals surface area contributed by atoms with E-state index in [1.807, 2.05) is 78.9 Å². The van der Waals surface area contributed by atoms with Crippen LogP contribution in [0.15, 0.2) is 84.0 Å². The zero-order chi connectivity index (χ0) is 25.3. The highest BCUT2D eigenvalue weighted by molar-refractivity contribution is 6.30. The quantitative estimate of drug-likeness (QED) is 0.201. The second-order valence-electron chi connectivity index (χ2n) is 8.68. The summed E-state index contributed by atoms with van der Waals surface area (Å²) in [6, 6.07) is 25.2. The molecule has 37 heavy (non-hydrogen) atoms. The van der Waals surface area contributed by atoms with E-state index in [1.54, 1.807) is 6.21 Å². The molecule has 8 nitrogen and oxygen atoms in total. The number of piperidine rings is 1. The number of ether oxygens (including phenoxy) is 1. The van der Waals surface area contributed by atoms with Crippen molar-refractivity contribution in [3.8, 4) is 5.75 Å². The van der Waals surface area contributed by atoms with Crippen LogP contribution in [0, 0.1) is 0 Å². The van der Waals surface area contributed by atoms with Crippen molar-refractivity contribution in [1.82, 2.24) is 15.0 Å². The van der Waals surface area contributed by atoms with Crippen molar-refractivity contribution < 1.29 is 4.74 Å². The molecule has 0 aliphatic carbocycles. The Balaban J connectivity index is 1.27. The molecule has 1 aliphatic heterocycles. The third-order valence-electron chi connectivity index (χ3n) is 5.85. The monoisotopic (exact) mass is 513 g/mol. The summed E-state index contributed by atoms with van der Waals surface area (Å²) in [5.74, 6) is 2.24. The van der Waals surface area contributed by atoms with E-state index < -0.39 is 0 Å². The first kappa shape index (κ1) is 24.5. The molecular weight excluding hydrogens is 486 g/mol. The summed E-state index contributed by atoms with van der Waals surface area (Å²) >= 11 is 5.96. The van der Waals surface area contributed by atoms with Gasteiger partial charge in [-0.3, -0.25) is 0 Å². The van der Waals surface area contributed by atoms with E-state index in [2.05, 4.69) is 35.7 Å². The highest BCUT2D eigenvalue weighted by atomic mass is 35.5. The summed E-state index contributed by atoms with van der Waals surface area (Å²) in [4.78, 5) is 16.0. The lowest BCUT2D eigenvalue weighted by molar-refractivity contribution is 0.306. The van der Waals surface area contributed by atoms with E-state index in [0.29, 0.717) is 29.5 Å². The Bertz CT molecular complexity index is 1330. The van der Waals surface area contributed by atoms with Crippen molar-refractivity contribution in [3.63, 3.8) is 0 Å². The molecule has 5 rings (SSSR count). The number of para-hydroxylation sites is 1. The van der Waals surface area contributed by atoms with Crippen LogP contribution < -0.4 is 20.4 Å². The molecule has 0 amide bonds. The van der Waals surface area contributed by atoms with Crippen LogP contribution in [0.4, 0.5) is 23.5 Å². The van der Waals surface area contributed by atoms with Gasteiger partial charge >= 0.3 is 0 Å². The highest BCUT2D eigenvalue weighted by Gasteiger charge is 2.16. The van der Waals surface area contributed by atoms with Gasteiger partial charge in [0.15, 0.2) is 0 Å². The third kappa shape index (κ3) is 7.17. The van der Waals surface area contributed by atoms with Crippen LogP contribution in [0.25, 0.3) is 0 Å². The van der Waals surface area contributed by atoms with Gasteiger partial charge in [-0.2, -0.15) is 20.1 Å². The van der Waals surface area contributed by atoms with Crippen LogP contribution in [0.5, 0.6) is 5.75 Å². The van der Waals surface area contributed by atoms with Gasteiger partial charge in [-0.05, 0) is 66.8 Å². The number of aromatic nitrogens is 3. The molecule has 1 aliphatic rings. The first-order valence-corrected chi connectivity index (χ1v) is 12.7. The summed E-state index contributed by atoms with van der Waals surface area (Å²) in [5, 5.41) is 8.34. The Morgan fingerprint density at radius 1 is 0.865 bits per heavy atom. The SMILES string of the molecule is Clc1ccc(COc2cccc(/C=N/Nc3nc(Nc4ccccc4)nc(N4CCCCC4)n3)c2)cc1. The first-order chi connectivity index (χ1) is 18.2. The lowest BCUT2D eigenvalue weighted by Crippen LogP contribution is -2.31. The van der Waals surface area contributed by atoms with Gasteiger partial charge in [0.25, 0.3) is 0 Å². The summed E-state index contributed by atoms with van der Waals surface area (Å²) in [6.07, 6.45) is 5.20. The van der Waals surface area contributed by atoms with Crippen LogP contribution in [0.2, 0.25) is 5.02 Å². The van der Waals surface area contributed by atoms with Gasteiger partial charge in [0.1, 0.15) is 12.4 Å². The van der Waals surface area contributed by atoms with Crippen molar-refractivity contribution in [2.75, 3.05) is 28.7 Å². The molecule has 4 aromatic rings. The van der Waals surface area contributed by atoms with Crippen molar-refractivity contribution in [3.05, 3.63) is 95.0 Å². The standard InChI is InChI=1S/C28H28ClN7O/c29-23-14-12-21(13-15-23)20-37-25-11-7-8-22(18-25)19-30-35-27-32-26(31-24-9-3-1-4-10-24)33-28(34-27)36-16-5-2-6-17-36/h1,3-4,7-15,18-19H,2,5-6,16-17,20H2,(H2,31,32,33,34,35)/b30-19+. The first-order valence-electron chi connectivity index (χ1n) is 12.3. The van der Waals surface area contributed by atoms with Crippen LogP contribution in [0.3, 0.4) is 0 Å². The number of hydrogen-bond acceptors (Lipinski definition) is 8. The molecule has 0 radical (unpaired) electrons. The largest absolute Gasteiger partial charge is 0.489 e. The van der Waals surface area contributed by atoms with E-state index in [4.69, 9.17) is 16.3 Å². The van der Waals surface area contributed by atoms with Gasteiger partial charge < -0.3 is 15.0 Å². The Labute approximate surface area is 221 Å². The Kier molecular flexibility index (Phi) is 8.07. The molecule has 1 fully saturated rings. The van der Waals surface area contributed by atoms with Crippen molar-refractivity contribution in [1.29, 1.82) is 0 Å². The minimum Gasteiger partial charge on any atom is -0.489 e. The number of anilines is 4. The minimum atomic E-state index is 0.375. The number of hydrazone groups is 1. The van der Waals surface area contributed by atoms with Gasteiger partial charge in [0, 0.05) is 23.8 Å². The summed E-state index contributed by atoms with van der Waals surface area (Å²) in [6.45, 7) is 2.32. The zero-order valence-electron chi connectivity index (χ0n) is 20.3. The van der Waals surface area contributed by atoms with Crippen molar-refractivity contribution >= 4 is 41.3 Å². The second kappa shape index (κ2) is 12.2. The van der Waals surface area contributed by atoms with E-state index in [-0.39, 0.29) is 0 Å². The number of hydrogen-bond donors (Lipinski definition) is 2. The average Bonchev–Trinajstić information content (AvgIpc) is 2.94. The highest BCUT2D eigenvalue weighted by Crippen LogP contribution is 2.21. The molecule has 0 spiro atoms. The molecule has 1 aromatic heterocycles. The molecule has 9 heteroatoms. The van der Waals surface area contributed by atoms with Crippen LogP contribution in [-0.4, -0.2) is 34.3 Å². The molecule has 3 aromatic carbocycles. The Morgan fingerprint density at radius 2 is 1.65 bits per heavy atom. The molecular formula is C28H28ClN7O. The molecule has 0 saturated carbocycles. The van der Waals surface area contributed by atoms with Crippen LogP contribution >= 0.6 is 11.6 Å². The lowest BCUT2D eigenvalue weighted by Gasteiger charge is -2.26. The van der Waals surface area contributed by atoms with Gasteiger partial charge in [-0.1, -0.05) is 54.1 Å². The fourth-order valence-electron chi connectivity index (χ4n) is 3.95. The van der Waals surface area contributed by atoms with E-state index in [0.717, 1.165) is 48.5 Å². The Morgan fingerprint density at radius 3 is 2.46 bits per heavy atom. The molecule has 0 bridgehead atoms. The van der Waals surface area contributed by atoms with E-state index >= 15 is 0 Å². The van der Waals surface area contributed by atoms with Gasteiger partial charge in [0.05, 0.1) is 6.21 Å². The summed E-state index contributed by atoms with van der Waals surface area (Å²) in [5.41, 5.74) is 5.80. The predicted octanol–water partition coefficient (Wildman–Crippen LogP) is 6.28. The van der Waals surface area contributed by atoms with Crippen molar-refractivity contribution in [2.45, 2.75) is 25.9 Å². The number of rotatable bonds is 9. The molecule has 0 atom stereocenters. The minimum absolute atomic E-state index is 0.375.